The smallest absolute Gasteiger partial charge is 0.252 e. The molecule has 1 aromatic carbocycles. The van der Waals surface area contributed by atoms with Gasteiger partial charge in [-0.05, 0) is 59.3 Å². The van der Waals surface area contributed by atoms with Gasteiger partial charge in [0, 0.05) is 15.4 Å². The first-order valence-electron chi connectivity index (χ1n) is 5.85. The molecule has 4 heteroatoms. The number of rotatable bonds is 2. The Hall–Kier alpha value is -0.480. The number of benzene rings is 1. The molecule has 1 saturated carbocycles. The molecule has 0 aliphatic heterocycles. The first-order valence-corrected chi connectivity index (χ1v) is 7.09. The second-order valence-corrected chi connectivity index (χ2v) is 6.12. The zero-order chi connectivity index (χ0) is 12.4. The van der Waals surface area contributed by atoms with E-state index in [0.29, 0.717) is 11.6 Å². The van der Waals surface area contributed by atoms with E-state index in [1.54, 1.807) is 6.07 Å². The number of carbonyl (C=O) groups is 1. The van der Waals surface area contributed by atoms with Crippen LogP contribution in [0.25, 0.3) is 0 Å². The van der Waals surface area contributed by atoms with Crippen LogP contribution in [0.5, 0.6) is 0 Å². The van der Waals surface area contributed by atoms with Crippen molar-refractivity contribution in [3.05, 3.63) is 28.2 Å². The molecule has 0 heterocycles. The van der Waals surface area contributed by atoms with E-state index in [9.17, 15) is 4.79 Å². The van der Waals surface area contributed by atoms with E-state index >= 15 is 0 Å². The summed E-state index contributed by atoms with van der Waals surface area (Å²) in [5.74, 6) is 0.715. The van der Waals surface area contributed by atoms with Gasteiger partial charge in [0.1, 0.15) is 0 Å². The molecular formula is C13H16BrNOS. The average Bonchev–Trinajstić information content (AvgIpc) is 2.67. The molecule has 2 nitrogen and oxygen atoms in total. The van der Waals surface area contributed by atoms with Gasteiger partial charge in [-0.3, -0.25) is 4.79 Å². The largest absolute Gasteiger partial charge is 0.349 e. The highest BCUT2D eigenvalue weighted by Crippen LogP contribution is 2.26. The molecule has 0 spiro atoms. The molecule has 1 aromatic rings. The summed E-state index contributed by atoms with van der Waals surface area (Å²) in [6.07, 6.45) is 3.38. The van der Waals surface area contributed by atoms with Crippen molar-refractivity contribution >= 4 is 34.5 Å². The summed E-state index contributed by atoms with van der Waals surface area (Å²) in [4.78, 5) is 12.9. The summed E-state index contributed by atoms with van der Waals surface area (Å²) in [6, 6.07) is 5.84. The molecule has 0 bridgehead atoms. The normalized spacial score (nSPS) is 23.7. The van der Waals surface area contributed by atoms with Gasteiger partial charge in [-0.2, -0.15) is 0 Å². The number of nitrogens with one attached hydrogen (secondary N) is 1. The minimum absolute atomic E-state index is 0.00752. The molecule has 92 valence electrons. The van der Waals surface area contributed by atoms with E-state index in [-0.39, 0.29) is 5.91 Å². The van der Waals surface area contributed by atoms with Crippen LogP contribution in [0.3, 0.4) is 0 Å². The van der Waals surface area contributed by atoms with Crippen LogP contribution < -0.4 is 5.32 Å². The molecule has 17 heavy (non-hydrogen) atoms. The molecule has 2 atom stereocenters. The SMILES string of the molecule is CC1CCC(NC(=O)c2cc(S)ccc2Br)C1. The third-order valence-electron chi connectivity index (χ3n) is 3.22. The van der Waals surface area contributed by atoms with E-state index in [1.165, 1.54) is 6.42 Å². The monoisotopic (exact) mass is 313 g/mol. The first-order chi connectivity index (χ1) is 8.06. The number of carbonyl (C=O) groups excluding carboxylic acids is 1. The Morgan fingerprint density at radius 2 is 2.24 bits per heavy atom. The molecule has 1 amide bonds. The van der Waals surface area contributed by atoms with E-state index in [1.807, 2.05) is 12.1 Å². The van der Waals surface area contributed by atoms with Crippen molar-refractivity contribution in [2.45, 2.75) is 37.1 Å². The molecule has 0 saturated heterocycles. The van der Waals surface area contributed by atoms with Crippen LogP contribution in [0.2, 0.25) is 0 Å². The summed E-state index contributed by atoms with van der Waals surface area (Å²) >= 11 is 7.66. The number of hydrogen-bond acceptors (Lipinski definition) is 2. The molecule has 1 aliphatic carbocycles. The zero-order valence-electron chi connectivity index (χ0n) is 9.74. The number of halogens is 1. The molecule has 2 unspecified atom stereocenters. The zero-order valence-corrected chi connectivity index (χ0v) is 12.2. The van der Waals surface area contributed by atoms with Gasteiger partial charge in [-0.1, -0.05) is 6.92 Å². The van der Waals surface area contributed by atoms with E-state index in [4.69, 9.17) is 0 Å². The van der Waals surface area contributed by atoms with Gasteiger partial charge in [0.15, 0.2) is 0 Å². The van der Waals surface area contributed by atoms with Gasteiger partial charge in [0.2, 0.25) is 0 Å². The predicted octanol–water partition coefficient (Wildman–Crippen LogP) is 3.66. The van der Waals surface area contributed by atoms with Gasteiger partial charge >= 0.3 is 0 Å². The Bertz CT molecular complexity index is 435. The second kappa shape index (κ2) is 5.44. The summed E-state index contributed by atoms with van der Waals surface area (Å²) < 4.78 is 0.818. The Balaban J connectivity index is 2.06. The minimum atomic E-state index is -0.00752. The van der Waals surface area contributed by atoms with Gasteiger partial charge in [-0.15, -0.1) is 12.6 Å². The topological polar surface area (TPSA) is 29.1 Å². The van der Waals surface area contributed by atoms with Crippen molar-refractivity contribution in [1.82, 2.24) is 5.32 Å². The van der Waals surface area contributed by atoms with Crippen molar-refractivity contribution < 1.29 is 4.79 Å². The number of thiol groups is 1. The van der Waals surface area contributed by atoms with Crippen LogP contribution in [0.15, 0.2) is 27.6 Å². The highest BCUT2D eigenvalue weighted by molar-refractivity contribution is 9.10. The maximum absolute atomic E-state index is 12.1. The third kappa shape index (κ3) is 3.26. The second-order valence-electron chi connectivity index (χ2n) is 4.75. The first kappa shape index (κ1) is 13.0. The lowest BCUT2D eigenvalue weighted by molar-refractivity contribution is 0.0936. The lowest BCUT2D eigenvalue weighted by atomic mass is 10.1. The highest BCUT2D eigenvalue weighted by Gasteiger charge is 2.23. The molecule has 1 aliphatic rings. The quantitative estimate of drug-likeness (QED) is 0.802. The van der Waals surface area contributed by atoms with Gasteiger partial charge in [-0.25, -0.2) is 0 Å². The maximum Gasteiger partial charge on any atom is 0.252 e. The third-order valence-corrected chi connectivity index (χ3v) is 4.19. The lowest BCUT2D eigenvalue weighted by Gasteiger charge is -2.13. The van der Waals surface area contributed by atoms with E-state index in [2.05, 4.69) is 40.8 Å². The fraction of sp³-hybridized carbons (Fsp3) is 0.462. The van der Waals surface area contributed by atoms with Crippen molar-refractivity contribution in [2.75, 3.05) is 0 Å². The van der Waals surface area contributed by atoms with Crippen LogP contribution in [0.4, 0.5) is 0 Å². The molecule has 1 fully saturated rings. The van der Waals surface area contributed by atoms with Gasteiger partial charge in [0.25, 0.3) is 5.91 Å². The molecule has 0 radical (unpaired) electrons. The Kier molecular flexibility index (Phi) is 4.15. The predicted molar refractivity (Wildman–Crippen MR) is 75.7 cm³/mol. The van der Waals surface area contributed by atoms with Crippen LogP contribution in [0, 0.1) is 5.92 Å². The minimum Gasteiger partial charge on any atom is -0.349 e. The molecule has 0 aromatic heterocycles. The summed E-state index contributed by atoms with van der Waals surface area (Å²) in [5.41, 5.74) is 0.664. The standard InChI is InChI=1S/C13H16BrNOS/c1-8-2-3-9(6-8)15-13(16)11-7-10(17)4-5-12(11)14/h4-5,7-9,17H,2-3,6H2,1H3,(H,15,16). The Labute approximate surface area is 116 Å². The van der Waals surface area contributed by atoms with Crippen molar-refractivity contribution in [3.63, 3.8) is 0 Å². The Morgan fingerprint density at radius 3 is 2.88 bits per heavy atom. The van der Waals surface area contributed by atoms with Crippen LogP contribution in [-0.4, -0.2) is 11.9 Å². The van der Waals surface area contributed by atoms with Gasteiger partial charge < -0.3 is 5.32 Å². The fourth-order valence-electron chi connectivity index (χ4n) is 2.29. The van der Waals surface area contributed by atoms with E-state index in [0.717, 1.165) is 28.1 Å². The van der Waals surface area contributed by atoms with Crippen LogP contribution in [0.1, 0.15) is 36.5 Å². The van der Waals surface area contributed by atoms with Crippen molar-refractivity contribution in [1.29, 1.82) is 0 Å². The van der Waals surface area contributed by atoms with Crippen molar-refractivity contribution in [2.24, 2.45) is 5.92 Å². The number of amides is 1. The summed E-state index contributed by atoms with van der Waals surface area (Å²) in [7, 11) is 0. The lowest BCUT2D eigenvalue weighted by Crippen LogP contribution is -2.33. The summed E-state index contributed by atoms with van der Waals surface area (Å²) in [5, 5.41) is 3.09. The average molecular weight is 314 g/mol. The van der Waals surface area contributed by atoms with Crippen molar-refractivity contribution in [3.8, 4) is 0 Å². The summed E-state index contributed by atoms with van der Waals surface area (Å²) in [6.45, 7) is 2.23. The molecule has 1 N–H and O–H groups in total. The Morgan fingerprint density at radius 1 is 1.47 bits per heavy atom. The number of hydrogen-bond donors (Lipinski definition) is 2. The highest BCUT2D eigenvalue weighted by atomic mass is 79.9. The van der Waals surface area contributed by atoms with Crippen LogP contribution in [-0.2, 0) is 0 Å². The molecular weight excluding hydrogens is 298 g/mol. The van der Waals surface area contributed by atoms with E-state index < -0.39 is 0 Å². The maximum atomic E-state index is 12.1. The van der Waals surface area contributed by atoms with Gasteiger partial charge in [0.05, 0.1) is 5.56 Å². The molecule has 2 rings (SSSR count). The van der Waals surface area contributed by atoms with Crippen LogP contribution >= 0.6 is 28.6 Å². The fourth-order valence-corrected chi connectivity index (χ4v) is 2.92.